The summed E-state index contributed by atoms with van der Waals surface area (Å²) in [6.45, 7) is 3.21. The van der Waals surface area contributed by atoms with Crippen LogP contribution in [0, 0.1) is 5.82 Å². The van der Waals surface area contributed by atoms with Gasteiger partial charge in [-0.15, -0.1) is 0 Å². The number of halogens is 1. The molecule has 0 spiro atoms. The topological polar surface area (TPSA) is 81.7 Å². The van der Waals surface area contributed by atoms with E-state index in [0.29, 0.717) is 43.3 Å². The minimum Gasteiger partial charge on any atom is -0.496 e. The SMILES string of the molecule is COc1ccc(F)cc1-c1ccnc2[nH]c(C3CCN(CC(=O)N4CCC(O)C4)CC3)cc12. The van der Waals surface area contributed by atoms with Gasteiger partial charge in [0.15, 0.2) is 0 Å². The minimum atomic E-state index is -0.382. The van der Waals surface area contributed by atoms with Gasteiger partial charge in [-0.1, -0.05) is 0 Å². The van der Waals surface area contributed by atoms with Gasteiger partial charge in [-0.3, -0.25) is 9.69 Å². The molecule has 33 heavy (non-hydrogen) atoms. The molecule has 174 valence electrons. The number of aromatic nitrogens is 2. The first-order valence-electron chi connectivity index (χ1n) is 11.5. The number of hydrogen-bond acceptors (Lipinski definition) is 5. The van der Waals surface area contributed by atoms with Gasteiger partial charge in [0, 0.05) is 41.8 Å². The van der Waals surface area contributed by atoms with E-state index in [0.717, 1.165) is 48.2 Å². The highest BCUT2D eigenvalue weighted by Gasteiger charge is 2.28. The Balaban J connectivity index is 1.30. The Bertz CT molecular complexity index is 1160. The quantitative estimate of drug-likeness (QED) is 0.622. The number of carbonyl (C=O) groups excluding carboxylic acids is 1. The summed E-state index contributed by atoms with van der Waals surface area (Å²) in [6.07, 6.45) is 3.91. The molecule has 2 aliphatic rings. The van der Waals surface area contributed by atoms with Gasteiger partial charge in [-0.25, -0.2) is 9.37 Å². The van der Waals surface area contributed by atoms with Crippen molar-refractivity contribution in [1.29, 1.82) is 0 Å². The molecule has 4 heterocycles. The molecule has 2 saturated heterocycles. The number of hydrogen-bond donors (Lipinski definition) is 2. The van der Waals surface area contributed by atoms with Crippen LogP contribution in [0.25, 0.3) is 22.2 Å². The van der Waals surface area contributed by atoms with Crippen LogP contribution in [0.15, 0.2) is 36.5 Å². The van der Waals surface area contributed by atoms with E-state index in [9.17, 15) is 14.3 Å². The standard InChI is InChI=1S/C25H29FN4O3/c1-33-23-3-2-17(26)12-20(23)19-4-8-27-25-21(19)13-22(28-25)16-5-9-29(10-6-16)15-24(32)30-11-7-18(31)14-30/h2-4,8,12-13,16,18,31H,5-7,9-11,14-15H2,1H3,(H,27,28). The molecule has 1 aromatic carbocycles. The van der Waals surface area contributed by atoms with Gasteiger partial charge in [0.2, 0.25) is 5.91 Å². The van der Waals surface area contributed by atoms with E-state index in [4.69, 9.17) is 4.74 Å². The Kier molecular flexibility index (Phi) is 6.03. The van der Waals surface area contributed by atoms with Gasteiger partial charge in [0.1, 0.15) is 17.2 Å². The molecule has 1 unspecified atom stereocenters. The summed E-state index contributed by atoms with van der Waals surface area (Å²) in [6, 6.07) is 8.55. The van der Waals surface area contributed by atoms with Crippen molar-refractivity contribution >= 4 is 16.9 Å². The maximum absolute atomic E-state index is 14.0. The third-order valence-electron chi connectivity index (χ3n) is 6.91. The first kappa shape index (κ1) is 21.9. The molecule has 5 rings (SSSR count). The maximum Gasteiger partial charge on any atom is 0.236 e. The van der Waals surface area contributed by atoms with Crippen LogP contribution in [0.4, 0.5) is 4.39 Å². The average molecular weight is 453 g/mol. The van der Waals surface area contributed by atoms with Gasteiger partial charge < -0.3 is 19.7 Å². The van der Waals surface area contributed by atoms with Crippen LogP contribution in [-0.4, -0.2) is 76.7 Å². The molecular weight excluding hydrogens is 423 g/mol. The number of rotatable bonds is 5. The molecule has 1 amide bonds. The van der Waals surface area contributed by atoms with Gasteiger partial charge in [-0.2, -0.15) is 0 Å². The molecule has 7 nitrogen and oxygen atoms in total. The summed E-state index contributed by atoms with van der Waals surface area (Å²) >= 11 is 0. The lowest BCUT2D eigenvalue weighted by Crippen LogP contribution is -2.42. The molecule has 2 aromatic heterocycles. The maximum atomic E-state index is 14.0. The number of benzene rings is 1. The third kappa shape index (κ3) is 4.45. The molecule has 2 aliphatic heterocycles. The zero-order valence-corrected chi connectivity index (χ0v) is 18.8. The van der Waals surface area contributed by atoms with Crippen molar-refractivity contribution in [2.75, 3.05) is 39.8 Å². The first-order valence-corrected chi connectivity index (χ1v) is 11.5. The number of fused-ring (bicyclic) bond motifs is 1. The third-order valence-corrected chi connectivity index (χ3v) is 6.91. The number of β-amino-alcohol motifs (C(OH)–C–C–N with tert-alkyl or cyclic N) is 1. The molecule has 0 saturated carbocycles. The molecule has 2 N–H and O–H groups in total. The van der Waals surface area contributed by atoms with Crippen LogP contribution in [0.1, 0.15) is 30.9 Å². The van der Waals surface area contributed by atoms with Crippen molar-refractivity contribution in [2.24, 2.45) is 0 Å². The van der Waals surface area contributed by atoms with Crippen molar-refractivity contribution < 1.29 is 19.0 Å². The molecule has 1 atom stereocenters. The van der Waals surface area contributed by atoms with Gasteiger partial charge in [0.25, 0.3) is 0 Å². The number of aliphatic hydroxyl groups excluding tert-OH is 1. The summed E-state index contributed by atoms with van der Waals surface area (Å²) in [5, 5.41) is 10.6. The zero-order valence-electron chi connectivity index (χ0n) is 18.8. The van der Waals surface area contributed by atoms with E-state index < -0.39 is 0 Å². The zero-order chi connectivity index (χ0) is 22.9. The van der Waals surface area contributed by atoms with Crippen LogP contribution < -0.4 is 4.74 Å². The highest BCUT2D eigenvalue weighted by atomic mass is 19.1. The van der Waals surface area contributed by atoms with Crippen molar-refractivity contribution in [2.45, 2.75) is 31.3 Å². The summed E-state index contributed by atoms with van der Waals surface area (Å²) in [4.78, 5) is 24.4. The van der Waals surface area contributed by atoms with E-state index in [1.807, 2.05) is 6.07 Å². The van der Waals surface area contributed by atoms with Crippen molar-refractivity contribution in [1.82, 2.24) is 19.8 Å². The van der Waals surface area contributed by atoms with E-state index in [1.54, 1.807) is 24.3 Å². The van der Waals surface area contributed by atoms with Crippen molar-refractivity contribution in [3.05, 3.63) is 48.0 Å². The first-order chi connectivity index (χ1) is 16.0. The molecule has 8 heteroatoms. The number of pyridine rings is 1. The van der Waals surface area contributed by atoms with Crippen LogP contribution in [0.2, 0.25) is 0 Å². The number of carbonyl (C=O) groups is 1. The Morgan fingerprint density at radius 3 is 2.73 bits per heavy atom. The second-order valence-electron chi connectivity index (χ2n) is 9.02. The smallest absolute Gasteiger partial charge is 0.236 e. The largest absolute Gasteiger partial charge is 0.496 e. The van der Waals surface area contributed by atoms with E-state index in [1.165, 1.54) is 12.1 Å². The summed E-state index contributed by atoms with van der Waals surface area (Å²) < 4.78 is 19.5. The number of nitrogens with zero attached hydrogens (tertiary/aromatic N) is 3. The fourth-order valence-electron chi connectivity index (χ4n) is 5.05. The molecule has 3 aromatic rings. The highest BCUT2D eigenvalue weighted by molar-refractivity contribution is 5.95. The number of ether oxygens (including phenoxy) is 1. The Labute approximate surface area is 192 Å². The van der Waals surface area contributed by atoms with E-state index in [2.05, 4.69) is 20.9 Å². The van der Waals surface area contributed by atoms with Gasteiger partial charge >= 0.3 is 0 Å². The second-order valence-corrected chi connectivity index (χ2v) is 9.02. The number of aliphatic hydroxyl groups is 1. The molecule has 0 aliphatic carbocycles. The molecule has 0 bridgehead atoms. The fraction of sp³-hybridized carbons (Fsp3) is 0.440. The molecular formula is C25H29FN4O3. The lowest BCUT2D eigenvalue weighted by Gasteiger charge is -2.32. The van der Waals surface area contributed by atoms with Gasteiger partial charge in [-0.05, 0) is 68.2 Å². The second kappa shape index (κ2) is 9.11. The Hall–Kier alpha value is -2.97. The number of amides is 1. The predicted molar refractivity (Wildman–Crippen MR) is 124 cm³/mol. The summed E-state index contributed by atoms with van der Waals surface area (Å²) in [5.74, 6) is 0.766. The minimum absolute atomic E-state index is 0.105. The number of likely N-dealkylation sites (tertiary alicyclic amines) is 2. The van der Waals surface area contributed by atoms with E-state index >= 15 is 0 Å². The lowest BCUT2D eigenvalue weighted by atomic mass is 9.93. The summed E-state index contributed by atoms with van der Waals surface area (Å²) in [7, 11) is 1.59. The van der Waals surface area contributed by atoms with Crippen LogP contribution in [0.5, 0.6) is 5.75 Å². The van der Waals surface area contributed by atoms with Crippen LogP contribution in [0.3, 0.4) is 0 Å². The number of nitrogens with one attached hydrogen (secondary N) is 1. The average Bonchev–Trinajstić information content (AvgIpc) is 3.46. The fourth-order valence-corrected chi connectivity index (χ4v) is 5.05. The summed E-state index contributed by atoms with van der Waals surface area (Å²) in [5.41, 5.74) is 3.48. The number of piperidine rings is 1. The Morgan fingerprint density at radius 1 is 1.18 bits per heavy atom. The normalized spacial score (nSPS) is 20.0. The monoisotopic (exact) mass is 452 g/mol. The van der Waals surface area contributed by atoms with Crippen molar-refractivity contribution in [3.8, 4) is 16.9 Å². The predicted octanol–water partition coefficient (Wildman–Crippen LogP) is 3.15. The Morgan fingerprint density at radius 2 is 2.00 bits per heavy atom. The van der Waals surface area contributed by atoms with Crippen molar-refractivity contribution in [3.63, 3.8) is 0 Å². The molecule has 0 radical (unpaired) electrons. The van der Waals surface area contributed by atoms with Crippen LogP contribution >= 0.6 is 0 Å². The number of methoxy groups -OCH3 is 1. The van der Waals surface area contributed by atoms with E-state index in [-0.39, 0.29) is 17.8 Å². The highest BCUT2D eigenvalue weighted by Crippen LogP contribution is 2.37. The van der Waals surface area contributed by atoms with Gasteiger partial charge in [0.05, 0.1) is 19.8 Å². The number of aromatic amines is 1. The number of H-pyrrole nitrogens is 1. The lowest BCUT2D eigenvalue weighted by molar-refractivity contribution is -0.132. The molecule has 2 fully saturated rings. The van der Waals surface area contributed by atoms with Crippen LogP contribution in [-0.2, 0) is 4.79 Å².